The topological polar surface area (TPSA) is 64.3 Å². The van der Waals surface area contributed by atoms with Crippen molar-refractivity contribution in [1.82, 2.24) is 9.97 Å². The zero-order valence-corrected chi connectivity index (χ0v) is 12.4. The number of anilines is 2. The lowest BCUT2D eigenvalue weighted by molar-refractivity contribution is 0.397. The summed E-state index contributed by atoms with van der Waals surface area (Å²) >= 11 is 5.91. The lowest BCUT2D eigenvalue weighted by Gasteiger charge is -2.26. The number of benzene rings is 1. The van der Waals surface area contributed by atoms with Gasteiger partial charge in [-0.05, 0) is 24.6 Å². The van der Waals surface area contributed by atoms with Crippen molar-refractivity contribution in [2.24, 2.45) is 0 Å². The molecule has 0 radical (unpaired) electrons. The van der Waals surface area contributed by atoms with Crippen LogP contribution in [0.5, 0.6) is 5.88 Å². The van der Waals surface area contributed by atoms with Crippen LogP contribution in [0.25, 0.3) is 0 Å². The van der Waals surface area contributed by atoms with Gasteiger partial charge in [-0.2, -0.15) is 9.97 Å². The Hall–Kier alpha value is -2.01. The van der Waals surface area contributed by atoms with E-state index in [-0.39, 0.29) is 12.0 Å². The van der Waals surface area contributed by atoms with Gasteiger partial charge in [0.2, 0.25) is 11.8 Å². The lowest BCUT2D eigenvalue weighted by atomic mass is 10.1. The molecule has 2 rings (SSSR count). The Morgan fingerprint density at radius 3 is 2.50 bits per heavy atom. The van der Waals surface area contributed by atoms with Gasteiger partial charge in [0, 0.05) is 18.1 Å². The molecule has 1 aromatic heterocycles. The van der Waals surface area contributed by atoms with Gasteiger partial charge in [0.05, 0.1) is 13.2 Å². The molecule has 0 aliphatic rings. The molecule has 5 nitrogen and oxygen atoms in total. The molecule has 106 valence electrons. The minimum atomic E-state index is 0.117. The van der Waals surface area contributed by atoms with E-state index in [4.69, 9.17) is 22.1 Å². The summed E-state index contributed by atoms with van der Waals surface area (Å²) in [6.07, 6.45) is 0. The number of nitrogens with zero attached hydrogens (tertiary/aromatic N) is 3. The van der Waals surface area contributed by atoms with Gasteiger partial charge in [0.15, 0.2) is 0 Å². The second-order valence-corrected chi connectivity index (χ2v) is 4.90. The maximum absolute atomic E-state index is 5.91. The van der Waals surface area contributed by atoms with Crippen LogP contribution in [0.2, 0.25) is 5.02 Å². The monoisotopic (exact) mass is 292 g/mol. The van der Waals surface area contributed by atoms with Gasteiger partial charge in [0.25, 0.3) is 0 Å². The predicted molar refractivity (Wildman–Crippen MR) is 81.3 cm³/mol. The summed E-state index contributed by atoms with van der Waals surface area (Å²) in [4.78, 5) is 10.2. The first kappa shape index (κ1) is 14.4. The Balaban J connectivity index is 2.28. The van der Waals surface area contributed by atoms with Gasteiger partial charge >= 0.3 is 0 Å². The van der Waals surface area contributed by atoms with Crippen molar-refractivity contribution in [3.8, 4) is 5.88 Å². The van der Waals surface area contributed by atoms with Crippen molar-refractivity contribution in [3.05, 3.63) is 40.9 Å². The highest BCUT2D eigenvalue weighted by molar-refractivity contribution is 6.30. The molecule has 1 unspecified atom stereocenters. The quantitative estimate of drug-likeness (QED) is 0.938. The summed E-state index contributed by atoms with van der Waals surface area (Å²) in [6, 6.07) is 9.59. The normalized spacial score (nSPS) is 12.0. The standard InChI is InChI=1S/C14H17ClN4O/c1-9(10-4-6-11(15)7-5-10)19(2)12-8-13(20-3)18-14(16)17-12/h4-9H,1-3H3,(H2,16,17,18). The van der Waals surface area contributed by atoms with Crippen LogP contribution in [0.3, 0.4) is 0 Å². The van der Waals surface area contributed by atoms with E-state index >= 15 is 0 Å². The van der Waals surface area contributed by atoms with Gasteiger partial charge in [-0.1, -0.05) is 23.7 Å². The number of methoxy groups -OCH3 is 1. The molecule has 1 heterocycles. The predicted octanol–water partition coefficient (Wildman–Crippen LogP) is 2.92. The minimum Gasteiger partial charge on any atom is -0.481 e. The van der Waals surface area contributed by atoms with E-state index in [1.807, 2.05) is 36.2 Å². The van der Waals surface area contributed by atoms with E-state index in [9.17, 15) is 0 Å². The maximum Gasteiger partial charge on any atom is 0.225 e. The highest BCUT2D eigenvalue weighted by Gasteiger charge is 2.15. The second kappa shape index (κ2) is 5.96. The summed E-state index contributed by atoms with van der Waals surface area (Å²) < 4.78 is 5.11. The van der Waals surface area contributed by atoms with E-state index in [0.717, 1.165) is 10.6 Å². The molecule has 2 N–H and O–H groups in total. The number of hydrogen-bond donors (Lipinski definition) is 1. The van der Waals surface area contributed by atoms with E-state index < -0.39 is 0 Å². The molecular weight excluding hydrogens is 276 g/mol. The fourth-order valence-electron chi connectivity index (χ4n) is 1.88. The summed E-state index contributed by atoms with van der Waals surface area (Å²) in [5, 5.41) is 0.719. The number of nitrogens with two attached hydrogens (primary N) is 1. The molecule has 0 saturated carbocycles. The third-order valence-electron chi connectivity index (χ3n) is 3.21. The van der Waals surface area contributed by atoms with Crippen LogP contribution in [-0.2, 0) is 0 Å². The Morgan fingerprint density at radius 2 is 1.90 bits per heavy atom. The van der Waals surface area contributed by atoms with Crippen molar-refractivity contribution in [1.29, 1.82) is 0 Å². The number of halogens is 1. The van der Waals surface area contributed by atoms with Crippen molar-refractivity contribution >= 4 is 23.4 Å². The highest BCUT2D eigenvalue weighted by Crippen LogP contribution is 2.27. The molecule has 0 fully saturated rings. The minimum absolute atomic E-state index is 0.117. The van der Waals surface area contributed by atoms with Crippen LogP contribution in [0.15, 0.2) is 30.3 Å². The summed E-state index contributed by atoms with van der Waals surface area (Å²) in [6.45, 7) is 2.08. The molecular formula is C14H17ClN4O. The van der Waals surface area contributed by atoms with Gasteiger partial charge < -0.3 is 15.4 Å². The third-order valence-corrected chi connectivity index (χ3v) is 3.46. The van der Waals surface area contributed by atoms with Crippen LogP contribution in [0, 0.1) is 0 Å². The molecule has 0 saturated heterocycles. The zero-order chi connectivity index (χ0) is 14.7. The SMILES string of the molecule is COc1cc(N(C)C(C)c2ccc(Cl)cc2)nc(N)n1. The Bertz CT molecular complexity index is 588. The Labute approximate surface area is 123 Å². The summed E-state index contributed by atoms with van der Waals surface area (Å²) in [5.41, 5.74) is 6.82. The van der Waals surface area contributed by atoms with E-state index in [0.29, 0.717) is 11.7 Å². The van der Waals surface area contributed by atoms with Gasteiger partial charge in [0.1, 0.15) is 5.82 Å². The van der Waals surface area contributed by atoms with Crippen LogP contribution >= 0.6 is 11.6 Å². The average molecular weight is 293 g/mol. The number of ether oxygens (including phenoxy) is 1. The van der Waals surface area contributed by atoms with Crippen LogP contribution in [0.1, 0.15) is 18.5 Å². The van der Waals surface area contributed by atoms with Crippen molar-refractivity contribution in [3.63, 3.8) is 0 Å². The van der Waals surface area contributed by atoms with E-state index in [1.165, 1.54) is 0 Å². The number of aromatic nitrogens is 2. The molecule has 1 aromatic carbocycles. The first-order valence-electron chi connectivity index (χ1n) is 6.18. The fourth-order valence-corrected chi connectivity index (χ4v) is 2.00. The first-order chi connectivity index (χ1) is 9.51. The van der Waals surface area contributed by atoms with Gasteiger partial charge in [-0.3, -0.25) is 0 Å². The van der Waals surface area contributed by atoms with Gasteiger partial charge in [-0.25, -0.2) is 0 Å². The zero-order valence-electron chi connectivity index (χ0n) is 11.7. The number of hydrogen-bond acceptors (Lipinski definition) is 5. The van der Waals surface area contributed by atoms with Crippen LogP contribution in [-0.4, -0.2) is 24.1 Å². The van der Waals surface area contributed by atoms with Gasteiger partial charge in [-0.15, -0.1) is 0 Å². The molecule has 1 atom stereocenters. The van der Waals surface area contributed by atoms with Crippen molar-refractivity contribution in [2.75, 3.05) is 24.8 Å². The van der Waals surface area contributed by atoms with Crippen LogP contribution < -0.4 is 15.4 Å². The molecule has 20 heavy (non-hydrogen) atoms. The molecule has 0 aliphatic heterocycles. The number of nitrogen functional groups attached to an aromatic ring is 1. The second-order valence-electron chi connectivity index (χ2n) is 4.47. The molecule has 2 aromatic rings. The summed E-state index contributed by atoms with van der Waals surface area (Å²) in [7, 11) is 3.49. The Morgan fingerprint density at radius 1 is 1.25 bits per heavy atom. The molecule has 0 aliphatic carbocycles. The van der Waals surface area contributed by atoms with Crippen LogP contribution in [0.4, 0.5) is 11.8 Å². The van der Waals surface area contributed by atoms with Crippen molar-refractivity contribution < 1.29 is 4.74 Å². The largest absolute Gasteiger partial charge is 0.481 e. The number of rotatable bonds is 4. The van der Waals surface area contributed by atoms with E-state index in [2.05, 4.69) is 16.9 Å². The smallest absolute Gasteiger partial charge is 0.225 e. The molecule has 0 amide bonds. The average Bonchev–Trinajstić information content (AvgIpc) is 2.45. The third kappa shape index (κ3) is 3.11. The lowest BCUT2D eigenvalue weighted by Crippen LogP contribution is -2.23. The molecule has 6 heteroatoms. The highest BCUT2D eigenvalue weighted by atomic mass is 35.5. The molecule has 0 spiro atoms. The summed E-state index contributed by atoms with van der Waals surface area (Å²) in [5.74, 6) is 1.34. The van der Waals surface area contributed by atoms with Crippen molar-refractivity contribution in [2.45, 2.75) is 13.0 Å². The molecule has 0 bridgehead atoms. The maximum atomic E-state index is 5.91. The fraction of sp³-hybridized carbons (Fsp3) is 0.286. The Kier molecular flexibility index (Phi) is 4.29. The first-order valence-corrected chi connectivity index (χ1v) is 6.56. The van der Waals surface area contributed by atoms with E-state index in [1.54, 1.807) is 13.2 Å².